The second kappa shape index (κ2) is 9.79. The average Bonchev–Trinajstić information content (AvgIpc) is 2.66. The van der Waals surface area contributed by atoms with Gasteiger partial charge in [0.25, 0.3) is 0 Å². The minimum absolute atomic E-state index is 0.0722. The fraction of sp³-hybridized carbons (Fsp3) is 0.455. The smallest absolute Gasteiger partial charge is 0.416 e. The van der Waals surface area contributed by atoms with Gasteiger partial charge in [0.15, 0.2) is 0 Å². The quantitative estimate of drug-likeness (QED) is 0.532. The molecule has 1 unspecified atom stereocenters. The SMILES string of the molecule is CCC(c1ccc(OCCN(CC)CC)cc1)c1cccc(C(F)(F)F)c1. The van der Waals surface area contributed by atoms with Gasteiger partial charge < -0.3 is 9.64 Å². The van der Waals surface area contributed by atoms with Crippen molar-refractivity contribution in [3.05, 3.63) is 65.2 Å². The van der Waals surface area contributed by atoms with Gasteiger partial charge in [-0.05, 0) is 48.8 Å². The Morgan fingerprint density at radius 3 is 2.15 bits per heavy atom. The predicted molar refractivity (Wildman–Crippen MR) is 103 cm³/mol. The van der Waals surface area contributed by atoms with Gasteiger partial charge in [0, 0.05) is 12.5 Å². The van der Waals surface area contributed by atoms with Crippen molar-refractivity contribution < 1.29 is 17.9 Å². The zero-order valence-corrected chi connectivity index (χ0v) is 16.2. The lowest BCUT2D eigenvalue weighted by atomic mass is 9.88. The Labute approximate surface area is 160 Å². The van der Waals surface area contributed by atoms with Crippen LogP contribution in [0.1, 0.15) is 49.8 Å². The van der Waals surface area contributed by atoms with Crippen LogP contribution < -0.4 is 4.74 Å². The molecule has 0 radical (unpaired) electrons. The highest BCUT2D eigenvalue weighted by atomic mass is 19.4. The minimum atomic E-state index is -4.32. The predicted octanol–water partition coefficient (Wildman–Crippen LogP) is 5.97. The molecule has 2 aromatic rings. The molecule has 0 saturated heterocycles. The van der Waals surface area contributed by atoms with Crippen LogP contribution in [-0.4, -0.2) is 31.1 Å². The van der Waals surface area contributed by atoms with E-state index in [2.05, 4.69) is 18.7 Å². The third kappa shape index (κ3) is 5.99. The van der Waals surface area contributed by atoms with Crippen LogP contribution in [0.25, 0.3) is 0 Å². The number of hydrogen-bond acceptors (Lipinski definition) is 2. The van der Waals surface area contributed by atoms with Crippen molar-refractivity contribution in [3.8, 4) is 5.75 Å². The van der Waals surface area contributed by atoms with Gasteiger partial charge in [-0.15, -0.1) is 0 Å². The monoisotopic (exact) mass is 379 g/mol. The maximum atomic E-state index is 13.0. The van der Waals surface area contributed by atoms with E-state index >= 15 is 0 Å². The van der Waals surface area contributed by atoms with Crippen LogP contribution in [0, 0.1) is 0 Å². The van der Waals surface area contributed by atoms with Crippen molar-refractivity contribution in [1.82, 2.24) is 4.90 Å². The third-order valence-corrected chi connectivity index (χ3v) is 4.88. The molecule has 0 bridgehead atoms. The van der Waals surface area contributed by atoms with Crippen molar-refractivity contribution in [2.75, 3.05) is 26.2 Å². The summed E-state index contributed by atoms with van der Waals surface area (Å²) in [6.45, 7) is 9.71. The summed E-state index contributed by atoms with van der Waals surface area (Å²) in [7, 11) is 0. The molecule has 148 valence electrons. The molecule has 2 aromatic carbocycles. The molecule has 0 aromatic heterocycles. The molecule has 0 saturated carbocycles. The van der Waals surface area contributed by atoms with Gasteiger partial charge in [-0.2, -0.15) is 13.2 Å². The average molecular weight is 379 g/mol. The molecule has 1 atom stereocenters. The maximum Gasteiger partial charge on any atom is 0.416 e. The number of benzene rings is 2. The van der Waals surface area contributed by atoms with Gasteiger partial charge in [-0.3, -0.25) is 0 Å². The molecular formula is C22H28F3NO. The van der Waals surface area contributed by atoms with Gasteiger partial charge in [-0.1, -0.05) is 51.1 Å². The second-order valence-corrected chi connectivity index (χ2v) is 6.53. The molecule has 0 N–H and O–H groups in total. The van der Waals surface area contributed by atoms with Crippen LogP contribution in [0.5, 0.6) is 5.75 Å². The Morgan fingerprint density at radius 2 is 1.59 bits per heavy atom. The van der Waals surface area contributed by atoms with E-state index in [1.807, 2.05) is 31.2 Å². The highest BCUT2D eigenvalue weighted by Gasteiger charge is 2.31. The number of ether oxygens (including phenoxy) is 1. The Morgan fingerprint density at radius 1 is 0.926 bits per heavy atom. The first-order valence-electron chi connectivity index (χ1n) is 9.51. The van der Waals surface area contributed by atoms with Crippen molar-refractivity contribution in [2.24, 2.45) is 0 Å². The van der Waals surface area contributed by atoms with E-state index in [9.17, 15) is 13.2 Å². The molecule has 2 nitrogen and oxygen atoms in total. The molecule has 2 rings (SSSR count). The van der Waals surface area contributed by atoms with Gasteiger partial charge in [0.2, 0.25) is 0 Å². The zero-order valence-electron chi connectivity index (χ0n) is 16.2. The molecule has 0 spiro atoms. The zero-order chi connectivity index (χ0) is 19.9. The van der Waals surface area contributed by atoms with Crippen LogP contribution in [0.15, 0.2) is 48.5 Å². The van der Waals surface area contributed by atoms with E-state index in [-0.39, 0.29) is 5.92 Å². The highest BCUT2D eigenvalue weighted by Crippen LogP contribution is 2.34. The Hall–Kier alpha value is -2.01. The first-order valence-corrected chi connectivity index (χ1v) is 9.51. The van der Waals surface area contributed by atoms with E-state index in [1.165, 1.54) is 12.1 Å². The Balaban J connectivity index is 2.08. The van der Waals surface area contributed by atoms with Crippen LogP contribution in [0.4, 0.5) is 13.2 Å². The molecule has 5 heteroatoms. The van der Waals surface area contributed by atoms with E-state index in [0.29, 0.717) is 12.2 Å². The molecule has 0 aliphatic rings. The number of hydrogen-bond donors (Lipinski definition) is 0. The summed E-state index contributed by atoms with van der Waals surface area (Å²) in [5.74, 6) is 0.710. The number of alkyl halides is 3. The summed E-state index contributed by atoms with van der Waals surface area (Å²) in [4.78, 5) is 2.29. The summed E-state index contributed by atoms with van der Waals surface area (Å²) >= 11 is 0. The van der Waals surface area contributed by atoms with Crippen LogP contribution in [0.2, 0.25) is 0 Å². The Bertz CT molecular complexity index is 693. The topological polar surface area (TPSA) is 12.5 Å². The number of rotatable bonds is 9. The minimum Gasteiger partial charge on any atom is -0.492 e. The maximum absolute atomic E-state index is 13.0. The van der Waals surface area contributed by atoms with Crippen LogP contribution >= 0.6 is 0 Å². The molecule has 0 aliphatic heterocycles. The highest BCUT2D eigenvalue weighted by molar-refractivity contribution is 5.38. The second-order valence-electron chi connectivity index (χ2n) is 6.53. The summed E-state index contributed by atoms with van der Waals surface area (Å²) < 4.78 is 44.8. The molecule has 0 amide bonds. The van der Waals surface area contributed by atoms with E-state index < -0.39 is 11.7 Å². The lowest BCUT2D eigenvalue weighted by Gasteiger charge is -2.19. The van der Waals surface area contributed by atoms with Gasteiger partial charge in [-0.25, -0.2) is 0 Å². The lowest BCUT2D eigenvalue weighted by Crippen LogP contribution is -2.27. The summed E-state index contributed by atoms with van der Waals surface area (Å²) in [5.41, 5.74) is 1.07. The van der Waals surface area contributed by atoms with Crippen molar-refractivity contribution in [1.29, 1.82) is 0 Å². The number of halogens is 3. The Kier molecular flexibility index (Phi) is 7.72. The summed E-state index contributed by atoms with van der Waals surface area (Å²) in [6, 6.07) is 13.3. The van der Waals surface area contributed by atoms with E-state index in [1.54, 1.807) is 6.07 Å². The first-order chi connectivity index (χ1) is 12.9. The van der Waals surface area contributed by atoms with Crippen molar-refractivity contribution in [3.63, 3.8) is 0 Å². The third-order valence-electron chi connectivity index (χ3n) is 4.88. The van der Waals surface area contributed by atoms with Crippen molar-refractivity contribution in [2.45, 2.75) is 39.3 Å². The largest absolute Gasteiger partial charge is 0.492 e. The summed E-state index contributed by atoms with van der Waals surface area (Å²) in [6.07, 6.45) is -3.60. The van der Waals surface area contributed by atoms with Crippen LogP contribution in [0.3, 0.4) is 0 Å². The fourth-order valence-electron chi connectivity index (χ4n) is 3.22. The lowest BCUT2D eigenvalue weighted by molar-refractivity contribution is -0.137. The van der Waals surface area contributed by atoms with E-state index in [4.69, 9.17) is 4.74 Å². The fourth-order valence-corrected chi connectivity index (χ4v) is 3.22. The molecular weight excluding hydrogens is 351 g/mol. The van der Waals surface area contributed by atoms with Gasteiger partial charge in [0.05, 0.1) is 5.56 Å². The number of nitrogens with zero attached hydrogens (tertiary/aromatic N) is 1. The first kappa shape index (κ1) is 21.3. The summed E-state index contributed by atoms with van der Waals surface area (Å²) in [5, 5.41) is 0. The van der Waals surface area contributed by atoms with Crippen molar-refractivity contribution >= 4 is 0 Å². The molecule has 0 aliphatic carbocycles. The molecule has 27 heavy (non-hydrogen) atoms. The normalized spacial score (nSPS) is 13.0. The van der Waals surface area contributed by atoms with Gasteiger partial charge >= 0.3 is 6.18 Å². The van der Waals surface area contributed by atoms with Gasteiger partial charge in [0.1, 0.15) is 12.4 Å². The van der Waals surface area contributed by atoms with Crippen LogP contribution in [-0.2, 0) is 6.18 Å². The molecule has 0 heterocycles. The van der Waals surface area contributed by atoms with E-state index in [0.717, 1.165) is 43.4 Å². The number of likely N-dealkylation sites (N-methyl/N-ethyl adjacent to an activating group) is 1. The molecule has 0 fully saturated rings. The standard InChI is InChI=1S/C22H28F3NO/c1-4-21(18-8-7-9-19(16-18)22(23,24)25)17-10-12-20(13-11-17)27-15-14-26(5-2)6-3/h7-13,16,21H,4-6,14-15H2,1-3H3.